The van der Waals surface area contributed by atoms with Gasteiger partial charge in [-0.25, -0.2) is 4.39 Å². The Morgan fingerprint density at radius 1 is 0.871 bits per heavy atom. The summed E-state index contributed by atoms with van der Waals surface area (Å²) in [4.78, 5) is 24.5. The molecule has 5 nitrogen and oxygen atoms in total. The smallest absolute Gasteiger partial charge is 0.279 e. The van der Waals surface area contributed by atoms with Gasteiger partial charge in [0, 0.05) is 0 Å². The number of hydrogen-bond acceptors (Lipinski definition) is 4. The molecule has 0 aliphatic carbocycles. The molecule has 3 rings (SSSR count). The van der Waals surface area contributed by atoms with Crippen LogP contribution in [0.3, 0.4) is 0 Å². The quantitative estimate of drug-likeness (QED) is 0.516. The summed E-state index contributed by atoms with van der Waals surface area (Å²) in [6, 6.07) is 25.6. The molecule has 0 heterocycles. The lowest BCUT2D eigenvalue weighted by Crippen LogP contribution is -2.47. The van der Waals surface area contributed by atoms with E-state index in [0.717, 1.165) is 11.1 Å². The number of carbonyl (C=O) groups is 2. The molecule has 0 spiro atoms. The number of hydrogen-bond donors (Lipinski definition) is 2. The molecule has 160 valence electrons. The summed E-state index contributed by atoms with van der Waals surface area (Å²) >= 11 is 1.46. The number of para-hydroxylation sites is 1. The first-order valence-electron chi connectivity index (χ1n) is 9.76. The predicted octanol–water partition coefficient (Wildman–Crippen LogP) is 4.26. The second-order valence-electron chi connectivity index (χ2n) is 6.74. The van der Waals surface area contributed by atoms with Gasteiger partial charge in [0.2, 0.25) is 5.91 Å². The third kappa shape index (κ3) is 6.58. The highest BCUT2D eigenvalue weighted by molar-refractivity contribution is 8.00. The minimum atomic E-state index is -0.980. The average Bonchev–Trinajstić information content (AvgIpc) is 2.80. The highest BCUT2D eigenvalue weighted by Crippen LogP contribution is 2.35. The van der Waals surface area contributed by atoms with E-state index in [-0.39, 0.29) is 22.7 Å². The molecule has 3 aromatic carbocycles. The first-order valence-corrected chi connectivity index (χ1v) is 10.8. The average molecular weight is 439 g/mol. The predicted molar refractivity (Wildman–Crippen MR) is 120 cm³/mol. The molecule has 0 saturated carbocycles. The van der Waals surface area contributed by atoms with Gasteiger partial charge in [-0.2, -0.15) is 0 Å². The van der Waals surface area contributed by atoms with Crippen LogP contribution in [0.1, 0.15) is 23.3 Å². The molecular formula is C24H23FN2O3S. The molecule has 0 fully saturated rings. The maximum atomic E-state index is 13.7. The maximum Gasteiger partial charge on any atom is 0.279 e. The fraction of sp³-hybridized carbons (Fsp3) is 0.167. The lowest BCUT2D eigenvalue weighted by Gasteiger charge is -2.18. The Morgan fingerprint density at radius 2 is 1.42 bits per heavy atom. The zero-order chi connectivity index (χ0) is 22.1. The van der Waals surface area contributed by atoms with Crippen LogP contribution in [0.5, 0.6) is 5.75 Å². The zero-order valence-electron chi connectivity index (χ0n) is 17.0. The summed E-state index contributed by atoms with van der Waals surface area (Å²) in [5, 5.41) is -0.0211. The van der Waals surface area contributed by atoms with E-state index in [1.54, 1.807) is 6.07 Å². The minimum absolute atomic E-state index is 0.0211. The van der Waals surface area contributed by atoms with Gasteiger partial charge in [-0.15, -0.1) is 11.8 Å². The molecule has 3 aromatic rings. The van der Waals surface area contributed by atoms with Gasteiger partial charge in [0.1, 0.15) is 0 Å². The number of benzene rings is 3. The molecule has 31 heavy (non-hydrogen) atoms. The van der Waals surface area contributed by atoms with Gasteiger partial charge < -0.3 is 4.74 Å². The van der Waals surface area contributed by atoms with Gasteiger partial charge >= 0.3 is 0 Å². The molecule has 0 radical (unpaired) electrons. The minimum Gasteiger partial charge on any atom is -0.478 e. The Morgan fingerprint density at radius 3 is 2.00 bits per heavy atom. The lowest BCUT2D eigenvalue weighted by molar-refractivity contribution is -0.132. The van der Waals surface area contributed by atoms with Crippen molar-refractivity contribution in [2.24, 2.45) is 0 Å². The fourth-order valence-corrected chi connectivity index (χ4v) is 3.94. The summed E-state index contributed by atoms with van der Waals surface area (Å²) in [7, 11) is 0. The second kappa shape index (κ2) is 11.2. The number of thioether (sulfide) groups is 1. The molecule has 2 amide bonds. The van der Waals surface area contributed by atoms with Gasteiger partial charge in [0.15, 0.2) is 17.7 Å². The first kappa shape index (κ1) is 22.4. The number of carbonyl (C=O) groups excluding carboxylic acids is 2. The molecule has 0 aliphatic heterocycles. The first-order chi connectivity index (χ1) is 15.0. The number of hydrazine groups is 1. The van der Waals surface area contributed by atoms with Crippen molar-refractivity contribution in [3.8, 4) is 5.75 Å². The second-order valence-corrected chi connectivity index (χ2v) is 7.83. The summed E-state index contributed by atoms with van der Waals surface area (Å²) in [5.74, 6) is -1.38. The molecule has 0 aromatic heterocycles. The Bertz CT molecular complexity index is 962. The van der Waals surface area contributed by atoms with E-state index in [9.17, 15) is 14.0 Å². The van der Waals surface area contributed by atoms with Crippen LogP contribution in [0.25, 0.3) is 0 Å². The van der Waals surface area contributed by atoms with Crippen molar-refractivity contribution in [3.63, 3.8) is 0 Å². The number of amides is 2. The van der Waals surface area contributed by atoms with Crippen molar-refractivity contribution < 1.29 is 18.7 Å². The molecule has 0 aliphatic rings. The van der Waals surface area contributed by atoms with Gasteiger partial charge in [0.25, 0.3) is 5.91 Å². The lowest BCUT2D eigenvalue weighted by atomic mass is 10.0. The van der Waals surface area contributed by atoms with E-state index in [2.05, 4.69) is 10.9 Å². The SMILES string of the molecule is C[C@H](Oc1ccccc1F)C(=O)NNC(=O)CSC(c1ccccc1)c1ccccc1. The highest BCUT2D eigenvalue weighted by atomic mass is 32.2. The van der Waals surface area contributed by atoms with Crippen LogP contribution in [0.4, 0.5) is 4.39 Å². The van der Waals surface area contributed by atoms with Crippen LogP contribution in [-0.4, -0.2) is 23.7 Å². The number of halogens is 1. The molecule has 2 N–H and O–H groups in total. The van der Waals surface area contributed by atoms with Gasteiger partial charge in [-0.3, -0.25) is 20.4 Å². The normalized spacial score (nSPS) is 11.6. The van der Waals surface area contributed by atoms with Crippen molar-refractivity contribution in [1.82, 2.24) is 10.9 Å². The van der Waals surface area contributed by atoms with Gasteiger partial charge in [-0.05, 0) is 30.2 Å². The molecule has 7 heteroatoms. The van der Waals surface area contributed by atoms with Crippen LogP contribution in [0, 0.1) is 5.82 Å². The third-order valence-corrected chi connectivity index (χ3v) is 5.73. The van der Waals surface area contributed by atoms with E-state index in [1.165, 1.54) is 36.9 Å². The summed E-state index contributed by atoms with van der Waals surface area (Å²) in [6.07, 6.45) is -0.980. The maximum absolute atomic E-state index is 13.7. The molecular weight excluding hydrogens is 415 g/mol. The molecule has 1 atom stereocenters. The van der Waals surface area contributed by atoms with Crippen molar-refractivity contribution in [2.45, 2.75) is 18.3 Å². The van der Waals surface area contributed by atoms with E-state index >= 15 is 0 Å². The van der Waals surface area contributed by atoms with Crippen molar-refractivity contribution >= 4 is 23.6 Å². The largest absolute Gasteiger partial charge is 0.478 e. The van der Waals surface area contributed by atoms with E-state index in [0.29, 0.717) is 0 Å². The summed E-state index contributed by atoms with van der Waals surface area (Å²) < 4.78 is 19.0. The Hall–Kier alpha value is -3.32. The monoisotopic (exact) mass is 438 g/mol. The van der Waals surface area contributed by atoms with Crippen molar-refractivity contribution in [1.29, 1.82) is 0 Å². The topological polar surface area (TPSA) is 67.4 Å². The molecule has 0 bridgehead atoms. The molecule has 0 unspecified atom stereocenters. The highest BCUT2D eigenvalue weighted by Gasteiger charge is 2.19. The van der Waals surface area contributed by atoms with Gasteiger partial charge in [-0.1, -0.05) is 72.8 Å². The standard InChI is InChI=1S/C24H23FN2O3S/c1-17(30-21-15-9-8-14-20(21)25)24(29)27-26-22(28)16-31-23(18-10-4-2-5-11-18)19-12-6-3-7-13-19/h2-15,17,23H,16H2,1H3,(H,26,28)(H,27,29)/t17-/m0/s1. The van der Waals surface area contributed by atoms with Crippen LogP contribution >= 0.6 is 11.8 Å². The van der Waals surface area contributed by atoms with Crippen LogP contribution in [-0.2, 0) is 9.59 Å². The van der Waals surface area contributed by atoms with Crippen LogP contribution in [0.15, 0.2) is 84.9 Å². The fourth-order valence-electron chi connectivity index (χ4n) is 2.85. The zero-order valence-corrected chi connectivity index (χ0v) is 17.8. The van der Waals surface area contributed by atoms with E-state index < -0.39 is 17.8 Å². The van der Waals surface area contributed by atoms with Crippen molar-refractivity contribution in [3.05, 3.63) is 102 Å². The number of rotatable bonds is 8. The summed E-state index contributed by atoms with van der Waals surface area (Å²) in [6.45, 7) is 1.48. The summed E-state index contributed by atoms with van der Waals surface area (Å²) in [5.41, 5.74) is 6.89. The van der Waals surface area contributed by atoms with Gasteiger partial charge in [0.05, 0.1) is 11.0 Å². The van der Waals surface area contributed by atoms with Crippen LogP contribution in [0.2, 0.25) is 0 Å². The van der Waals surface area contributed by atoms with Crippen LogP contribution < -0.4 is 15.6 Å². The number of nitrogens with one attached hydrogen (secondary N) is 2. The Balaban J connectivity index is 1.52. The number of ether oxygens (including phenoxy) is 1. The van der Waals surface area contributed by atoms with Crippen molar-refractivity contribution in [2.75, 3.05) is 5.75 Å². The van der Waals surface area contributed by atoms with E-state index in [1.807, 2.05) is 60.7 Å². The Labute approximate surface area is 185 Å². The molecule has 0 saturated heterocycles. The Kier molecular flexibility index (Phi) is 8.06. The third-order valence-electron chi connectivity index (χ3n) is 4.42. The van der Waals surface area contributed by atoms with E-state index in [4.69, 9.17) is 4.74 Å².